The second-order valence-corrected chi connectivity index (χ2v) is 8.56. The van der Waals surface area contributed by atoms with E-state index in [0.29, 0.717) is 30.5 Å². The molecule has 4 aromatic heterocycles. The van der Waals surface area contributed by atoms with E-state index >= 15 is 0 Å². The number of amides is 1. The summed E-state index contributed by atoms with van der Waals surface area (Å²) in [7, 11) is 2.95. The average molecular weight is 510 g/mol. The zero-order valence-electron chi connectivity index (χ0n) is 19.0. The number of carboxylic acid groups (broad SMARTS) is 1. The number of aromatic carboxylic acids is 1. The fourth-order valence-electron chi connectivity index (χ4n) is 3.69. The van der Waals surface area contributed by atoms with Gasteiger partial charge in [0.1, 0.15) is 22.9 Å². The van der Waals surface area contributed by atoms with Crippen molar-refractivity contribution in [2.75, 3.05) is 37.5 Å². The molecule has 13 nitrogen and oxygen atoms in total. The number of pyridine rings is 3. The molecule has 1 fully saturated rings. The van der Waals surface area contributed by atoms with E-state index in [1.807, 2.05) is 4.90 Å². The summed E-state index contributed by atoms with van der Waals surface area (Å²) < 4.78 is 15.5. The Bertz CT molecular complexity index is 1530. The minimum atomic E-state index is -1.36. The number of ether oxygens (including phenoxy) is 2. The summed E-state index contributed by atoms with van der Waals surface area (Å²) in [5.41, 5.74) is -0.854. The summed E-state index contributed by atoms with van der Waals surface area (Å²) in [5.74, 6) is -0.273. The number of carbonyl (C=O) groups is 2. The van der Waals surface area contributed by atoms with Crippen molar-refractivity contribution in [3.63, 3.8) is 0 Å². The molecule has 4 aromatic rings. The summed E-state index contributed by atoms with van der Waals surface area (Å²) in [6.07, 6.45) is 2.70. The quantitative estimate of drug-likeness (QED) is 0.370. The second-order valence-electron chi connectivity index (χ2n) is 7.83. The van der Waals surface area contributed by atoms with Crippen LogP contribution in [0.1, 0.15) is 10.4 Å². The van der Waals surface area contributed by atoms with Crippen LogP contribution in [0.15, 0.2) is 41.5 Å². The molecule has 0 spiro atoms. The number of methoxy groups -OCH3 is 2. The largest absolute Gasteiger partial charge is 0.495 e. The fourth-order valence-corrected chi connectivity index (χ4v) is 4.31. The van der Waals surface area contributed by atoms with Gasteiger partial charge in [-0.3, -0.25) is 14.2 Å². The standard InChI is InChI=1S/C22H19N7O6S/c1-34-12-3-5-15(23-7-12)24-19(31)11-8-28(9-11)16-6-4-13-17(30)14(20(32)33)10-29(18(13)25-16)22-26-21(35-2)27-36-22/h3-7,10-11H,8-9H2,1-2H3,(H,32,33)(H,23,24,31). The number of anilines is 2. The van der Waals surface area contributed by atoms with Crippen LogP contribution < -0.4 is 25.1 Å². The van der Waals surface area contributed by atoms with E-state index < -0.39 is 17.0 Å². The molecule has 0 aromatic carbocycles. The Labute approximate surface area is 207 Å². The Morgan fingerprint density at radius 2 is 1.94 bits per heavy atom. The van der Waals surface area contributed by atoms with E-state index in [2.05, 4.69) is 24.6 Å². The van der Waals surface area contributed by atoms with Gasteiger partial charge in [-0.25, -0.2) is 14.8 Å². The molecule has 1 saturated heterocycles. The van der Waals surface area contributed by atoms with Gasteiger partial charge >= 0.3 is 12.0 Å². The fraction of sp³-hybridized carbons (Fsp3) is 0.227. The molecule has 184 valence electrons. The zero-order chi connectivity index (χ0) is 25.4. The SMILES string of the molecule is COc1ccc(NC(=O)C2CN(c3ccc4c(=O)c(C(=O)O)cn(-c5nc(OC)ns5)c4n3)C2)nc1. The molecule has 0 radical (unpaired) electrons. The Kier molecular flexibility index (Phi) is 5.93. The highest BCUT2D eigenvalue weighted by Gasteiger charge is 2.34. The highest BCUT2D eigenvalue weighted by atomic mass is 32.1. The van der Waals surface area contributed by atoms with Gasteiger partial charge in [0.05, 0.1) is 31.7 Å². The number of nitrogens with one attached hydrogen (secondary N) is 1. The van der Waals surface area contributed by atoms with Gasteiger partial charge in [-0.1, -0.05) is 0 Å². The van der Waals surface area contributed by atoms with Crippen LogP contribution in [-0.4, -0.2) is 68.2 Å². The van der Waals surface area contributed by atoms with E-state index in [9.17, 15) is 19.5 Å². The monoisotopic (exact) mass is 509 g/mol. The van der Waals surface area contributed by atoms with E-state index in [0.717, 1.165) is 11.5 Å². The van der Waals surface area contributed by atoms with Crippen LogP contribution >= 0.6 is 11.5 Å². The lowest BCUT2D eigenvalue weighted by molar-refractivity contribution is -0.120. The Hall–Kier alpha value is -4.59. The normalized spacial score (nSPS) is 13.3. The first-order chi connectivity index (χ1) is 17.4. The first kappa shape index (κ1) is 23.2. The van der Waals surface area contributed by atoms with Crippen molar-refractivity contribution in [1.82, 2.24) is 23.9 Å². The first-order valence-electron chi connectivity index (χ1n) is 10.6. The Morgan fingerprint density at radius 1 is 1.14 bits per heavy atom. The number of rotatable bonds is 7. The van der Waals surface area contributed by atoms with Gasteiger partial charge in [0.25, 0.3) is 0 Å². The molecule has 14 heteroatoms. The van der Waals surface area contributed by atoms with Crippen LogP contribution in [-0.2, 0) is 4.79 Å². The van der Waals surface area contributed by atoms with Crippen molar-refractivity contribution in [1.29, 1.82) is 0 Å². The van der Waals surface area contributed by atoms with Crippen molar-refractivity contribution in [2.45, 2.75) is 0 Å². The molecule has 1 aliphatic heterocycles. The number of fused-ring (bicyclic) bond motifs is 1. The smallest absolute Gasteiger partial charge is 0.341 e. The number of aromatic nitrogens is 5. The van der Waals surface area contributed by atoms with Gasteiger partial charge in [0.2, 0.25) is 16.5 Å². The Morgan fingerprint density at radius 3 is 2.58 bits per heavy atom. The average Bonchev–Trinajstić information content (AvgIpc) is 3.33. The van der Waals surface area contributed by atoms with Crippen LogP contribution in [0.5, 0.6) is 11.8 Å². The molecule has 0 atom stereocenters. The van der Waals surface area contributed by atoms with Crippen LogP contribution in [0, 0.1) is 5.92 Å². The Balaban J connectivity index is 1.40. The van der Waals surface area contributed by atoms with E-state index in [1.54, 1.807) is 18.2 Å². The van der Waals surface area contributed by atoms with Gasteiger partial charge in [0, 0.05) is 30.8 Å². The maximum absolute atomic E-state index is 12.8. The minimum absolute atomic E-state index is 0.109. The van der Waals surface area contributed by atoms with Crippen molar-refractivity contribution in [2.24, 2.45) is 5.92 Å². The van der Waals surface area contributed by atoms with E-state index in [1.165, 1.54) is 37.2 Å². The maximum Gasteiger partial charge on any atom is 0.341 e. The van der Waals surface area contributed by atoms with Gasteiger partial charge in [-0.2, -0.15) is 4.98 Å². The lowest BCUT2D eigenvalue weighted by atomic mass is 9.99. The molecule has 5 rings (SSSR count). The number of hydrogen-bond donors (Lipinski definition) is 2. The molecule has 0 saturated carbocycles. The van der Waals surface area contributed by atoms with Crippen LogP contribution in [0.25, 0.3) is 16.2 Å². The molecular weight excluding hydrogens is 490 g/mol. The second kappa shape index (κ2) is 9.22. The predicted molar refractivity (Wildman–Crippen MR) is 129 cm³/mol. The molecule has 2 N–H and O–H groups in total. The van der Waals surface area contributed by atoms with E-state index in [4.69, 9.17) is 9.47 Å². The summed E-state index contributed by atoms with van der Waals surface area (Å²) in [6, 6.07) is 6.62. The molecule has 0 aliphatic carbocycles. The van der Waals surface area contributed by atoms with Crippen LogP contribution in [0.4, 0.5) is 11.6 Å². The van der Waals surface area contributed by atoms with Gasteiger partial charge in [-0.05, 0) is 24.3 Å². The molecule has 5 heterocycles. The maximum atomic E-state index is 12.8. The zero-order valence-corrected chi connectivity index (χ0v) is 19.9. The number of carboxylic acids is 1. The molecule has 1 aliphatic rings. The third-order valence-corrected chi connectivity index (χ3v) is 6.35. The number of nitrogens with zero attached hydrogens (tertiary/aromatic N) is 6. The van der Waals surface area contributed by atoms with Crippen molar-refractivity contribution in [3.8, 4) is 16.9 Å². The van der Waals surface area contributed by atoms with Gasteiger partial charge < -0.3 is 24.8 Å². The predicted octanol–water partition coefficient (Wildman–Crippen LogP) is 1.42. The lowest BCUT2D eigenvalue weighted by Gasteiger charge is -2.39. The number of carbonyl (C=O) groups excluding carboxylic acids is 1. The molecule has 0 bridgehead atoms. The molecule has 36 heavy (non-hydrogen) atoms. The molecule has 1 amide bonds. The summed E-state index contributed by atoms with van der Waals surface area (Å²) in [6.45, 7) is 0.815. The summed E-state index contributed by atoms with van der Waals surface area (Å²) in [4.78, 5) is 51.8. The van der Waals surface area contributed by atoms with Crippen LogP contribution in [0.2, 0.25) is 0 Å². The third kappa shape index (κ3) is 4.17. The summed E-state index contributed by atoms with van der Waals surface area (Å²) in [5, 5.41) is 12.7. The van der Waals surface area contributed by atoms with Crippen molar-refractivity contribution in [3.05, 3.63) is 52.4 Å². The lowest BCUT2D eigenvalue weighted by Crippen LogP contribution is -2.52. The molecular formula is C22H19N7O6S. The third-order valence-electron chi connectivity index (χ3n) is 5.65. The topological polar surface area (TPSA) is 162 Å². The minimum Gasteiger partial charge on any atom is -0.495 e. The highest BCUT2D eigenvalue weighted by Crippen LogP contribution is 2.27. The van der Waals surface area contributed by atoms with Crippen molar-refractivity contribution < 1.29 is 24.2 Å². The highest BCUT2D eigenvalue weighted by molar-refractivity contribution is 7.08. The van der Waals surface area contributed by atoms with Gasteiger partial charge in [-0.15, -0.1) is 4.37 Å². The van der Waals surface area contributed by atoms with Crippen molar-refractivity contribution >= 4 is 46.1 Å². The van der Waals surface area contributed by atoms with E-state index in [-0.39, 0.29) is 34.0 Å². The van der Waals surface area contributed by atoms with Gasteiger partial charge in [0.15, 0.2) is 5.65 Å². The number of hydrogen-bond acceptors (Lipinski definition) is 11. The van der Waals surface area contributed by atoms with Crippen LogP contribution in [0.3, 0.4) is 0 Å². The molecule has 0 unspecified atom stereocenters. The summed E-state index contributed by atoms with van der Waals surface area (Å²) >= 11 is 0.971. The first-order valence-corrected chi connectivity index (χ1v) is 11.4.